The molecule has 1 aromatic rings. The molecule has 146 valence electrons. The number of hydrogen-bond donors (Lipinski definition) is 2. The Hall–Kier alpha value is -1.50. The maximum absolute atomic E-state index is 6.29. The highest BCUT2D eigenvalue weighted by Gasteiger charge is 2.09. The lowest BCUT2D eigenvalue weighted by molar-refractivity contribution is 0.0377. The first-order chi connectivity index (χ1) is 12.7. The first kappa shape index (κ1) is 20.8. The average molecular weight is 383 g/mol. The summed E-state index contributed by atoms with van der Waals surface area (Å²) >= 11 is 6.29. The highest BCUT2D eigenvalue weighted by molar-refractivity contribution is 6.31. The van der Waals surface area contributed by atoms with Crippen molar-refractivity contribution in [1.82, 2.24) is 15.5 Å². The van der Waals surface area contributed by atoms with Gasteiger partial charge in [-0.25, -0.2) is 0 Å². The quantitative estimate of drug-likeness (QED) is 0.389. The van der Waals surface area contributed by atoms with Crippen LogP contribution in [0.15, 0.2) is 23.2 Å². The van der Waals surface area contributed by atoms with Gasteiger partial charge < -0.3 is 20.1 Å². The van der Waals surface area contributed by atoms with Crippen molar-refractivity contribution in [3.8, 4) is 5.75 Å². The van der Waals surface area contributed by atoms with E-state index in [0.29, 0.717) is 0 Å². The predicted molar refractivity (Wildman–Crippen MR) is 108 cm³/mol. The minimum atomic E-state index is 0.735. The molecule has 0 aromatic heterocycles. The second-order valence-corrected chi connectivity index (χ2v) is 6.61. The number of methoxy groups -OCH3 is 1. The van der Waals surface area contributed by atoms with Gasteiger partial charge in [0, 0.05) is 44.3 Å². The number of ether oxygens (including phenoxy) is 2. The molecule has 1 aliphatic heterocycles. The molecule has 0 saturated carbocycles. The van der Waals surface area contributed by atoms with E-state index in [4.69, 9.17) is 21.1 Å². The number of morpholine rings is 1. The van der Waals surface area contributed by atoms with Crippen molar-refractivity contribution in [3.63, 3.8) is 0 Å². The molecule has 0 atom stereocenters. The van der Waals surface area contributed by atoms with Crippen molar-refractivity contribution >= 4 is 17.6 Å². The van der Waals surface area contributed by atoms with Gasteiger partial charge >= 0.3 is 0 Å². The summed E-state index contributed by atoms with van der Waals surface area (Å²) in [6, 6.07) is 5.79. The fourth-order valence-electron chi connectivity index (χ4n) is 2.83. The van der Waals surface area contributed by atoms with E-state index in [9.17, 15) is 0 Å². The summed E-state index contributed by atoms with van der Waals surface area (Å²) in [7, 11) is 1.64. The van der Waals surface area contributed by atoms with Crippen LogP contribution in [-0.4, -0.2) is 70.5 Å². The number of aliphatic imine (C=N–C) groups is 1. The van der Waals surface area contributed by atoms with E-state index in [1.807, 2.05) is 18.2 Å². The van der Waals surface area contributed by atoms with Gasteiger partial charge in [-0.3, -0.25) is 9.89 Å². The van der Waals surface area contributed by atoms with E-state index in [1.54, 1.807) is 7.11 Å². The van der Waals surface area contributed by atoms with Crippen molar-refractivity contribution in [3.05, 3.63) is 28.8 Å². The molecule has 0 amide bonds. The minimum absolute atomic E-state index is 0.735. The zero-order valence-corrected chi connectivity index (χ0v) is 16.6. The molecule has 0 aliphatic carbocycles. The molecule has 0 radical (unpaired) electrons. The second kappa shape index (κ2) is 12.0. The van der Waals surface area contributed by atoms with Gasteiger partial charge in [-0.05, 0) is 37.5 Å². The first-order valence-corrected chi connectivity index (χ1v) is 9.75. The summed E-state index contributed by atoms with van der Waals surface area (Å²) in [6.07, 6.45) is 1.89. The largest absolute Gasteiger partial charge is 0.497 e. The van der Waals surface area contributed by atoms with Crippen LogP contribution in [-0.2, 0) is 11.2 Å². The third kappa shape index (κ3) is 7.40. The van der Waals surface area contributed by atoms with Gasteiger partial charge in [0.25, 0.3) is 0 Å². The lowest BCUT2D eigenvalue weighted by atomic mass is 10.1. The smallest absolute Gasteiger partial charge is 0.191 e. The van der Waals surface area contributed by atoms with Crippen LogP contribution >= 0.6 is 11.6 Å². The lowest BCUT2D eigenvalue weighted by Crippen LogP contribution is -2.39. The number of benzene rings is 1. The third-order valence-corrected chi connectivity index (χ3v) is 4.65. The molecule has 0 unspecified atom stereocenters. The van der Waals surface area contributed by atoms with Gasteiger partial charge in [-0.1, -0.05) is 17.7 Å². The molecule has 1 aromatic carbocycles. The summed E-state index contributed by atoms with van der Waals surface area (Å²) in [5.41, 5.74) is 1.10. The van der Waals surface area contributed by atoms with Crippen LogP contribution in [0, 0.1) is 0 Å². The van der Waals surface area contributed by atoms with Crippen LogP contribution in [0.5, 0.6) is 5.75 Å². The third-order valence-electron chi connectivity index (χ3n) is 4.30. The van der Waals surface area contributed by atoms with Crippen molar-refractivity contribution < 1.29 is 9.47 Å². The maximum Gasteiger partial charge on any atom is 0.191 e. The van der Waals surface area contributed by atoms with Gasteiger partial charge in [-0.2, -0.15) is 0 Å². The second-order valence-electron chi connectivity index (χ2n) is 6.20. The number of rotatable bonds is 9. The summed E-state index contributed by atoms with van der Waals surface area (Å²) < 4.78 is 10.6. The molecular weight excluding hydrogens is 352 g/mol. The molecule has 6 nitrogen and oxygen atoms in total. The van der Waals surface area contributed by atoms with Gasteiger partial charge in [0.15, 0.2) is 5.96 Å². The topological polar surface area (TPSA) is 58.1 Å². The van der Waals surface area contributed by atoms with Crippen LogP contribution in [0.1, 0.15) is 18.9 Å². The van der Waals surface area contributed by atoms with Gasteiger partial charge in [-0.15, -0.1) is 0 Å². The Labute approximate surface area is 161 Å². The Kier molecular flexibility index (Phi) is 9.60. The molecule has 0 spiro atoms. The fraction of sp³-hybridized carbons (Fsp3) is 0.632. The van der Waals surface area contributed by atoms with Crippen LogP contribution in [0.25, 0.3) is 0 Å². The molecule has 26 heavy (non-hydrogen) atoms. The Morgan fingerprint density at radius 2 is 2.12 bits per heavy atom. The van der Waals surface area contributed by atoms with E-state index >= 15 is 0 Å². The van der Waals surface area contributed by atoms with E-state index in [2.05, 4.69) is 27.4 Å². The first-order valence-electron chi connectivity index (χ1n) is 9.37. The lowest BCUT2D eigenvalue weighted by Gasteiger charge is -2.26. The maximum atomic E-state index is 6.29. The van der Waals surface area contributed by atoms with Gasteiger partial charge in [0.2, 0.25) is 0 Å². The van der Waals surface area contributed by atoms with E-state index in [0.717, 1.165) is 87.6 Å². The summed E-state index contributed by atoms with van der Waals surface area (Å²) in [5, 5.41) is 7.41. The number of nitrogens with zero attached hydrogens (tertiary/aromatic N) is 2. The molecule has 1 fully saturated rings. The molecule has 2 N–H and O–H groups in total. The zero-order chi connectivity index (χ0) is 18.6. The summed E-state index contributed by atoms with van der Waals surface area (Å²) in [6.45, 7) is 9.35. The normalized spacial score (nSPS) is 15.7. The van der Waals surface area contributed by atoms with Crippen molar-refractivity contribution in [2.45, 2.75) is 19.8 Å². The molecule has 1 aliphatic rings. The average Bonchev–Trinajstić information content (AvgIpc) is 2.67. The number of nitrogens with one attached hydrogen (secondary N) is 2. The molecule has 2 rings (SSSR count). The molecular formula is C19H31ClN4O2. The number of halogens is 1. The van der Waals surface area contributed by atoms with Crippen LogP contribution in [0.3, 0.4) is 0 Å². The van der Waals surface area contributed by atoms with Crippen LogP contribution in [0.2, 0.25) is 5.02 Å². The Balaban J connectivity index is 1.72. The van der Waals surface area contributed by atoms with Crippen molar-refractivity contribution in [2.24, 2.45) is 4.99 Å². The van der Waals surface area contributed by atoms with Crippen LogP contribution in [0.4, 0.5) is 0 Å². The summed E-state index contributed by atoms with van der Waals surface area (Å²) in [5.74, 6) is 1.64. The molecule has 1 saturated heterocycles. The molecule has 1 heterocycles. The summed E-state index contributed by atoms with van der Waals surface area (Å²) in [4.78, 5) is 7.10. The monoisotopic (exact) mass is 382 g/mol. The zero-order valence-electron chi connectivity index (χ0n) is 15.9. The van der Waals surface area contributed by atoms with E-state index < -0.39 is 0 Å². The predicted octanol–water partition coefficient (Wildman–Crippen LogP) is 2.17. The van der Waals surface area contributed by atoms with E-state index in [-0.39, 0.29) is 0 Å². The molecule has 0 bridgehead atoms. The fourth-order valence-corrected chi connectivity index (χ4v) is 3.09. The van der Waals surface area contributed by atoms with Crippen molar-refractivity contribution in [2.75, 3.05) is 59.6 Å². The Bertz CT molecular complexity index is 562. The number of guanidine groups is 1. The molecule has 7 heteroatoms. The highest BCUT2D eigenvalue weighted by atomic mass is 35.5. The number of hydrogen-bond acceptors (Lipinski definition) is 4. The SMILES string of the molecule is CCNC(=NCCCN1CCOCC1)NCCc1ccc(OC)cc1Cl. The highest BCUT2D eigenvalue weighted by Crippen LogP contribution is 2.22. The van der Waals surface area contributed by atoms with Gasteiger partial charge in [0.05, 0.1) is 20.3 Å². The van der Waals surface area contributed by atoms with Crippen LogP contribution < -0.4 is 15.4 Å². The van der Waals surface area contributed by atoms with Crippen molar-refractivity contribution in [1.29, 1.82) is 0 Å². The van der Waals surface area contributed by atoms with E-state index in [1.165, 1.54) is 0 Å². The Morgan fingerprint density at radius 1 is 1.31 bits per heavy atom. The Morgan fingerprint density at radius 3 is 2.81 bits per heavy atom. The minimum Gasteiger partial charge on any atom is -0.497 e. The standard InChI is InChI=1S/C19H31ClN4O2/c1-3-21-19(22-8-4-10-24-11-13-26-14-12-24)23-9-7-16-5-6-17(25-2)15-18(16)20/h5-6,15H,3-4,7-14H2,1-2H3,(H2,21,22,23). The van der Waals surface area contributed by atoms with Gasteiger partial charge in [0.1, 0.15) is 5.75 Å².